The van der Waals surface area contributed by atoms with E-state index in [2.05, 4.69) is 4.90 Å². The summed E-state index contributed by atoms with van der Waals surface area (Å²) >= 11 is 0. The molecule has 0 saturated carbocycles. The molecular formula is C14H22N2O4. The first-order valence-electron chi connectivity index (χ1n) is 7.27. The molecule has 0 aromatic heterocycles. The molecule has 0 aromatic rings. The molecule has 1 N–H and O–H groups in total. The lowest BCUT2D eigenvalue weighted by molar-refractivity contribution is -0.153. The number of piperidine rings is 1. The van der Waals surface area contributed by atoms with E-state index in [9.17, 15) is 19.5 Å². The lowest BCUT2D eigenvalue weighted by Crippen LogP contribution is -2.49. The third-order valence-corrected chi connectivity index (χ3v) is 4.58. The second-order valence-corrected chi connectivity index (χ2v) is 5.76. The number of hydrogen-bond donors (Lipinski definition) is 1. The van der Waals surface area contributed by atoms with Crippen molar-refractivity contribution in [3.05, 3.63) is 0 Å². The molecule has 0 spiro atoms. The molecule has 6 heteroatoms. The van der Waals surface area contributed by atoms with Crippen LogP contribution in [0.1, 0.15) is 39.0 Å². The van der Waals surface area contributed by atoms with Gasteiger partial charge in [-0.2, -0.15) is 0 Å². The Hall–Kier alpha value is -1.43. The minimum Gasteiger partial charge on any atom is -0.481 e. The highest BCUT2D eigenvalue weighted by Gasteiger charge is 2.41. The van der Waals surface area contributed by atoms with Crippen LogP contribution in [0.25, 0.3) is 0 Å². The average Bonchev–Trinajstić information content (AvgIpc) is 2.76. The molecule has 2 aliphatic heterocycles. The molecule has 2 heterocycles. The van der Waals surface area contributed by atoms with E-state index in [1.165, 1.54) is 4.90 Å². The van der Waals surface area contributed by atoms with Gasteiger partial charge in [0.25, 0.3) is 0 Å². The molecule has 2 amide bonds. The Morgan fingerprint density at radius 3 is 2.45 bits per heavy atom. The molecule has 0 aliphatic carbocycles. The van der Waals surface area contributed by atoms with Crippen LogP contribution < -0.4 is 0 Å². The number of imide groups is 1. The Labute approximate surface area is 118 Å². The molecular weight excluding hydrogens is 260 g/mol. The first-order chi connectivity index (χ1) is 9.48. The van der Waals surface area contributed by atoms with Gasteiger partial charge >= 0.3 is 5.97 Å². The quantitative estimate of drug-likeness (QED) is 0.751. The number of amides is 2. The Kier molecular flexibility index (Phi) is 4.42. The smallest absolute Gasteiger partial charge is 0.310 e. The maximum Gasteiger partial charge on any atom is 0.310 e. The van der Waals surface area contributed by atoms with Crippen LogP contribution in [0.15, 0.2) is 0 Å². The van der Waals surface area contributed by atoms with E-state index >= 15 is 0 Å². The molecule has 2 rings (SSSR count). The van der Waals surface area contributed by atoms with Gasteiger partial charge in [-0.25, -0.2) is 0 Å². The summed E-state index contributed by atoms with van der Waals surface area (Å²) in [6, 6.07) is 0. The monoisotopic (exact) mass is 282 g/mol. The van der Waals surface area contributed by atoms with E-state index in [0.717, 1.165) is 13.0 Å². The van der Waals surface area contributed by atoms with E-state index in [1.807, 2.05) is 6.92 Å². The van der Waals surface area contributed by atoms with Crippen molar-refractivity contribution in [2.24, 2.45) is 5.41 Å². The van der Waals surface area contributed by atoms with Crippen molar-refractivity contribution < 1.29 is 19.5 Å². The fourth-order valence-corrected chi connectivity index (χ4v) is 3.15. The van der Waals surface area contributed by atoms with Crippen molar-refractivity contribution in [2.45, 2.75) is 39.0 Å². The number of carboxylic acid groups (broad SMARTS) is 1. The highest BCUT2D eigenvalue weighted by molar-refractivity contribution is 6.01. The van der Waals surface area contributed by atoms with Gasteiger partial charge in [0, 0.05) is 32.5 Å². The second-order valence-electron chi connectivity index (χ2n) is 5.76. The number of carboxylic acids is 1. The number of hydrogen-bond acceptors (Lipinski definition) is 4. The largest absolute Gasteiger partial charge is 0.481 e. The summed E-state index contributed by atoms with van der Waals surface area (Å²) in [5, 5.41) is 9.43. The van der Waals surface area contributed by atoms with Gasteiger partial charge in [0.05, 0.1) is 5.41 Å². The van der Waals surface area contributed by atoms with Crippen molar-refractivity contribution in [1.29, 1.82) is 0 Å². The fourth-order valence-electron chi connectivity index (χ4n) is 3.15. The molecule has 0 bridgehead atoms. The van der Waals surface area contributed by atoms with Crippen molar-refractivity contribution in [1.82, 2.24) is 9.80 Å². The highest BCUT2D eigenvalue weighted by Crippen LogP contribution is 2.33. The first-order valence-corrected chi connectivity index (χ1v) is 7.27. The zero-order valence-corrected chi connectivity index (χ0v) is 11.9. The van der Waals surface area contributed by atoms with Gasteiger partial charge in [0.1, 0.15) is 0 Å². The zero-order chi connectivity index (χ0) is 14.8. The summed E-state index contributed by atoms with van der Waals surface area (Å²) in [6.45, 7) is 4.22. The standard InChI is InChI=1S/C14H22N2O4/c1-2-14(13(19)20)6-3-7-15(10-14)8-9-16-11(17)4-5-12(16)18/h2-10H2,1H3,(H,19,20). The number of carbonyl (C=O) groups excluding carboxylic acids is 2. The maximum absolute atomic E-state index is 11.5. The van der Waals surface area contributed by atoms with Gasteiger partial charge in [0.15, 0.2) is 0 Å². The summed E-state index contributed by atoms with van der Waals surface area (Å²) in [7, 11) is 0. The number of rotatable bonds is 5. The van der Waals surface area contributed by atoms with Gasteiger partial charge in [-0.1, -0.05) is 6.92 Å². The topological polar surface area (TPSA) is 77.9 Å². The van der Waals surface area contributed by atoms with Crippen LogP contribution in [0.4, 0.5) is 0 Å². The lowest BCUT2D eigenvalue weighted by atomic mass is 9.77. The van der Waals surface area contributed by atoms with Gasteiger partial charge in [-0.3, -0.25) is 19.3 Å². The zero-order valence-electron chi connectivity index (χ0n) is 11.9. The Morgan fingerprint density at radius 1 is 1.25 bits per heavy atom. The number of likely N-dealkylation sites (tertiary alicyclic amines) is 2. The molecule has 1 unspecified atom stereocenters. The van der Waals surface area contributed by atoms with Crippen LogP contribution in [0.2, 0.25) is 0 Å². The van der Waals surface area contributed by atoms with E-state index in [-0.39, 0.29) is 11.8 Å². The molecule has 20 heavy (non-hydrogen) atoms. The SMILES string of the molecule is CCC1(C(=O)O)CCCN(CCN2C(=O)CCC2=O)C1. The second kappa shape index (κ2) is 5.91. The number of carbonyl (C=O) groups is 3. The maximum atomic E-state index is 11.5. The molecule has 6 nitrogen and oxygen atoms in total. The predicted octanol–water partition coefficient (Wildman–Crippen LogP) is 0.712. The van der Waals surface area contributed by atoms with E-state index in [0.29, 0.717) is 45.3 Å². The lowest BCUT2D eigenvalue weighted by Gasteiger charge is -2.39. The molecule has 0 aromatic carbocycles. The Bertz CT molecular complexity index is 407. The summed E-state index contributed by atoms with van der Waals surface area (Å²) in [6.07, 6.45) is 2.79. The first kappa shape index (κ1) is 15.0. The summed E-state index contributed by atoms with van der Waals surface area (Å²) < 4.78 is 0. The van der Waals surface area contributed by atoms with Gasteiger partial charge < -0.3 is 10.0 Å². The van der Waals surface area contributed by atoms with Gasteiger partial charge in [0.2, 0.25) is 11.8 Å². The third-order valence-electron chi connectivity index (χ3n) is 4.58. The minimum absolute atomic E-state index is 0.105. The van der Waals surface area contributed by atoms with Crippen LogP contribution in [0.5, 0.6) is 0 Å². The Morgan fingerprint density at radius 2 is 1.90 bits per heavy atom. The normalized spacial score (nSPS) is 28.1. The molecule has 112 valence electrons. The number of aliphatic carboxylic acids is 1. The molecule has 2 fully saturated rings. The van der Waals surface area contributed by atoms with Crippen LogP contribution in [-0.2, 0) is 14.4 Å². The molecule has 0 radical (unpaired) electrons. The minimum atomic E-state index is -0.738. The van der Waals surface area contributed by atoms with Crippen LogP contribution in [0.3, 0.4) is 0 Å². The highest BCUT2D eigenvalue weighted by atomic mass is 16.4. The predicted molar refractivity (Wildman–Crippen MR) is 72.0 cm³/mol. The molecule has 2 saturated heterocycles. The Balaban J connectivity index is 1.92. The van der Waals surface area contributed by atoms with Crippen molar-refractivity contribution in [3.63, 3.8) is 0 Å². The molecule has 2 aliphatic rings. The number of nitrogens with zero attached hydrogens (tertiary/aromatic N) is 2. The summed E-state index contributed by atoms with van der Waals surface area (Å²) in [5.41, 5.74) is -0.669. The van der Waals surface area contributed by atoms with Crippen LogP contribution >= 0.6 is 0 Å². The average molecular weight is 282 g/mol. The third kappa shape index (κ3) is 2.85. The van der Waals surface area contributed by atoms with Gasteiger partial charge in [-0.05, 0) is 25.8 Å². The van der Waals surface area contributed by atoms with Crippen molar-refractivity contribution >= 4 is 17.8 Å². The van der Waals surface area contributed by atoms with Crippen molar-refractivity contribution in [3.8, 4) is 0 Å². The fraction of sp³-hybridized carbons (Fsp3) is 0.786. The van der Waals surface area contributed by atoms with Crippen molar-refractivity contribution in [2.75, 3.05) is 26.2 Å². The van der Waals surface area contributed by atoms with E-state index in [1.54, 1.807) is 0 Å². The molecule has 1 atom stereocenters. The van der Waals surface area contributed by atoms with E-state index < -0.39 is 11.4 Å². The summed E-state index contributed by atoms with van der Waals surface area (Å²) in [4.78, 5) is 37.9. The van der Waals surface area contributed by atoms with Gasteiger partial charge in [-0.15, -0.1) is 0 Å². The summed E-state index contributed by atoms with van der Waals surface area (Å²) in [5.74, 6) is -0.947. The van der Waals surface area contributed by atoms with Crippen LogP contribution in [0, 0.1) is 5.41 Å². The van der Waals surface area contributed by atoms with E-state index in [4.69, 9.17) is 0 Å². The van der Waals surface area contributed by atoms with Crippen LogP contribution in [-0.4, -0.2) is 58.9 Å².